The van der Waals surface area contributed by atoms with Crippen molar-refractivity contribution in [3.63, 3.8) is 0 Å². The first kappa shape index (κ1) is 12.0. The van der Waals surface area contributed by atoms with E-state index in [0.717, 1.165) is 39.0 Å². The Morgan fingerprint density at radius 3 is 2.57 bits per heavy atom. The smallest absolute Gasteiger partial charge is 0.0634 e. The molecule has 1 rings (SSSR count). The molecule has 14 heavy (non-hydrogen) atoms. The quantitative estimate of drug-likeness (QED) is 0.732. The third-order valence-corrected chi connectivity index (χ3v) is 2.93. The molecule has 3 nitrogen and oxygen atoms in total. The monoisotopic (exact) mass is 201 g/mol. The van der Waals surface area contributed by atoms with E-state index in [9.17, 15) is 0 Å². The van der Waals surface area contributed by atoms with Gasteiger partial charge in [-0.2, -0.15) is 0 Å². The molecular formula is C11H23NO2. The van der Waals surface area contributed by atoms with Gasteiger partial charge < -0.3 is 14.8 Å². The summed E-state index contributed by atoms with van der Waals surface area (Å²) in [4.78, 5) is 0. The largest absolute Gasteiger partial charge is 0.381 e. The molecule has 1 fully saturated rings. The molecule has 0 radical (unpaired) electrons. The van der Waals surface area contributed by atoms with Gasteiger partial charge in [-0.1, -0.05) is 0 Å². The van der Waals surface area contributed by atoms with Crippen LogP contribution in [0.25, 0.3) is 0 Å². The summed E-state index contributed by atoms with van der Waals surface area (Å²) >= 11 is 0. The predicted molar refractivity (Wildman–Crippen MR) is 57.5 cm³/mol. The molecule has 1 N–H and O–H groups in total. The van der Waals surface area contributed by atoms with E-state index in [1.54, 1.807) is 7.11 Å². The minimum atomic E-state index is -0.00182. The second-order valence-corrected chi connectivity index (χ2v) is 4.55. The number of rotatable bonds is 5. The summed E-state index contributed by atoms with van der Waals surface area (Å²) in [5.41, 5.74) is -0.00182. The third-order valence-electron chi connectivity index (χ3n) is 2.93. The Kier molecular flexibility index (Phi) is 4.85. The van der Waals surface area contributed by atoms with Crippen molar-refractivity contribution < 1.29 is 9.47 Å². The van der Waals surface area contributed by atoms with Gasteiger partial charge in [-0.25, -0.2) is 0 Å². The van der Waals surface area contributed by atoms with E-state index < -0.39 is 0 Å². The first-order chi connectivity index (χ1) is 6.64. The Hall–Kier alpha value is -0.120. The lowest BCUT2D eigenvalue weighted by Gasteiger charge is -2.27. The number of hydrogen-bond acceptors (Lipinski definition) is 3. The van der Waals surface area contributed by atoms with Crippen LogP contribution in [-0.2, 0) is 9.47 Å². The van der Waals surface area contributed by atoms with Crippen LogP contribution in [0.3, 0.4) is 0 Å². The van der Waals surface area contributed by atoms with E-state index in [1.165, 1.54) is 0 Å². The maximum atomic E-state index is 5.36. The van der Waals surface area contributed by atoms with Crippen LogP contribution in [0.5, 0.6) is 0 Å². The molecule has 0 spiro atoms. The van der Waals surface area contributed by atoms with Crippen LogP contribution in [-0.4, -0.2) is 38.5 Å². The minimum absolute atomic E-state index is 0.00182. The molecule has 0 saturated carbocycles. The van der Waals surface area contributed by atoms with Crippen LogP contribution in [0.1, 0.15) is 33.1 Å². The minimum Gasteiger partial charge on any atom is -0.381 e. The predicted octanol–water partition coefficient (Wildman–Crippen LogP) is 1.57. The molecule has 3 heteroatoms. The van der Waals surface area contributed by atoms with Crippen molar-refractivity contribution in [2.45, 2.75) is 44.8 Å². The highest BCUT2D eigenvalue weighted by Gasteiger charge is 2.17. The maximum Gasteiger partial charge on any atom is 0.0634 e. The zero-order valence-corrected chi connectivity index (χ0v) is 9.64. The van der Waals surface area contributed by atoms with Crippen molar-refractivity contribution >= 4 is 0 Å². The molecule has 1 aliphatic rings. The highest BCUT2D eigenvalue weighted by atomic mass is 16.5. The molecule has 0 unspecified atom stereocenters. The molecule has 0 aliphatic carbocycles. The van der Waals surface area contributed by atoms with Crippen molar-refractivity contribution in [3.8, 4) is 0 Å². The summed E-state index contributed by atoms with van der Waals surface area (Å²) in [5.74, 6) is 0. The molecule has 84 valence electrons. The molecule has 0 aromatic rings. The van der Waals surface area contributed by atoms with Gasteiger partial charge in [-0.05, 0) is 39.7 Å². The average molecular weight is 201 g/mol. The fourth-order valence-corrected chi connectivity index (χ4v) is 1.58. The average Bonchev–Trinajstić information content (AvgIpc) is 2.19. The maximum absolute atomic E-state index is 5.36. The summed E-state index contributed by atoms with van der Waals surface area (Å²) < 4.78 is 10.7. The second kappa shape index (κ2) is 5.69. The van der Waals surface area contributed by atoms with Crippen molar-refractivity contribution in [3.05, 3.63) is 0 Å². The molecule has 0 aromatic carbocycles. The summed E-state index contributed by atoms with van der Waals surface area (Å²) in [6.07, 6.45) is 3.35. The Bertz CT molecular complexity index is 153. The van der Waals surface area contributed by atoms with Crippen molar-refractivity contribution in [1.29, 1.82) is 0 Å². The Morgan fingerprint density at radius 2 is 2.00 bits per heavy atom. The zero-order chi connectivity index (χ0) is 10.4. The molecule has 1 heterocycles. The van der Waals surface area contributed by atoms with Gasteiger partial charge in [0.15, 0.2) is 0 Å². The Morgan fingerprint density at radius 1 is 1.36 bits per heavy atom. The van der Waals surface area contributed by atoms with Gasteiger partial charge in [-0.3, -0.25) is 0 Å². The molecule has 0 atom stereocenters. The lowest BCUT2D eigenvalue weighted by atomic mass is 10.0. The van der Waals surface area contributed by atoms with Gasteiger partial charge >= 0.3 is 0 Å². The van der Waals surface area contributed by atoms with Crippen LogP contribution in [0.2, 0.25) is 0 Å². The third kappa shape index (κ3) is 4.40. The normalized spacial score (nSPS) is 19.9. The van der Waals surface area contributed by atoms with Crippen LogP contribution in [0.15, 0.2) is 0 Å². The van der Waals surface area contributed by atoms with E-state index in [0.29, 0.717) is 6.04 Å². The summed E-state index contributed by atoms with van der Waals surface area (Å²) in [6.45, 7) is 7.10. The van der Waals surface area contributed by atoms with Gasteiger partial charge in [-0.15, -0.1) is 0 Å². The topological polar surface area (TPSA) is 30.5 Å². The number of hydrogen-bond donors (Lipinski definition) is 1. The van der Waals surface area contributed by atoms with Crippen LogP contribution in [0, 0.1) is 0 Å². The molecular weight excluding hydrogens is 178 g/mol. The van der Waals surface area contributed by atoms with Gasteiger partial charge in [0, 0.05) is 26.4 Å². The first-order valence-corrected chi connectivity index (χ1v) is 5.50. The lowest BCUT2D eigenvalue weighted by Crippen LogP contribution is -2.38. The van der Waals surface area contributed by atoms with Gasteiger partial charge in [0.05, 0.1) is 5.60 Å². The summed E-state index contributed by atoms with van der Waals surface area (Å²) in [7, 11) is 1.77. The number of ether oxygens (including phenoxy) is 2. The van der Waals surface area contributed by atoms with E-state index >= 15 is 0 Å². The molecule has 0 aromatic heterocycles. The fourth-order valence-electron chi connectivity index (χ4n) is 1.58. The number of methoxy groups -OCH3 is 1. The van der Waals surface area contributed by atoms with E-state index in [4.69, 9.17) is 9.47 Å². The SMILES string of the molecule is COC(C)(C)CCNC1CCOCC1. The summed E-state index contributed by atoms with van der Waals surface area (Å²) in [6, 6.07) is 0.649. The van der Waals surface area contributed by atoms with Gasteiger partial charge in [0.1, 0.15) is 0 Å². The fraction of sp³-hybridized carbons (Fsp3) is 1.00. The molecule has 1 aliphatic heterocycles. The van der Waals surface area contributed by atoms with Gasteiger partial charge in [0.2, 0.25) is 0 Å². The van der Waals surface area contributed by atoms with Crippen molar-refractivity contribution in [2.75, 3.05) is 26.9 Å². The lowest BCUT2D eigenvalue weighted by molar-refractivity contribution is 0.0137. The zero-order valence-electron chi connectivity index (χ0n) is 9.64. The number of nitrogens with one attached hydrogen (secondary N) is 1. The first-order valence-electron chi connectivity index (χ1n) is 5.50. The van der Waals surface area contributed by atoms with Gasteiger partial charge in [0.25, 0.3) is 0 Å². The standard InChI is InChI=1S/C11H23NO2/c1-11(2,13-3)6-7-12-10-4-8-14-9-5-10/h10,12H,4-9H2,1-3H3. The molecule has 0 bridgehead atoms. The molecule has 0 amide bonds. The van der Waals surface area contributed by atoms with Crippen LogP contribution < -0.4 is 5.32 Å². The van der Waals surface area contributed by atoms with E-state index in [2.05, 4.69) is 19.2 Å². The van der Waals surface area contributed by atoms with E-state index in [1.807, 2.05) is 0 Å². The van der Waals surface area contributed by atoms with E-state index in [-0.39, 0.29) is 5.60 Å². The van der Waals surface area contributed by atoms with Crippen molar-refractivity contribution in [1.82, 2.24) is 5.32 Å². The second-order valence-electron chi connectivity index (χ2n) is 4.55. The summed E-state index contributed by atoms with van der Waals surface area (Å²) in [5, 5.41) is 3.55. The molecule has 1 saturated heterocycles. The Labute approximate surface area is 87.2 Å². The Balaban J connectivity index is 2.08. The van der Waals surface area contributed by atoms with Crippen molar-refractivity contribution in [2.24, 2.45) is 0 Å². The van der Waals surface area contributed by atoms with Crippen LogP contribution in [0.4, 0.5) is 0 Å². The van der Waals surface area contributed by atoms with Crippen LogP contribution >= 0.6 is 0 Å². The highest BCUT2D eigenvalue weighted by Crippen LogP contribution is 2.12. The highest BCUT2D eigenvalue weighted by molar-refractivity contribution is 4.74.